The summed E-state index contributed by atoms with van der Waals surface area (Å²) in [6.07, 6.45) is 0.746. The van der Waals surface area contributed by atoms with E-state index in [0.717, 1.165) is 17.5 Å². The second-order valence-electron chi connectivity index (χ2n) is 9.76. The van der Waals surface area contributed by atoms with Gasteiger partial charge in [0.25, 0.3) is 15.9 Å². The third kappa shape index (κ3) is 6.86. The molecule has 39 heavy (non-hydrogen) atoms. The number of carbonyl (C=O) groups excluding carboxylic acids is 1. The Hall–Kier alpha value is -4.10. The quantitative estimate of drug-likeness (QED) is 0.231. The highest BCUT2D eigenvalue weighted by molar-refractivity contribution is 7.92. The number of carbonyl (C=O) groups is 1. The highest BCUT2D eigenvalue weighted by Gasteiger charge is 2.29. The maximum Gasteiger partial charge on any atom is 0.264 e. The van der Waals surface area contributed by atoms with Crippen molar-refractivity contribution in [3.05, 3.63) is 126 Å². The van der Waals surface area contributed by atoms with E-state index in [1.807, 2.05) is 60.7 Å². The van der Waals surface area contributed by atoms with Crippen molar-refractivity contribution in [3.8, 4) is 5.75 Å². The van der Waals surface area contributed by atoms with Crippen LogP contribution in [-0.4, -0.2) is 21.4 Å². The van der Waals surface area contributed by atoms with Crippen LogP contribution in [0.4, 0.5) is 5.69 Å². The average molecular weight is 543 g/mol. The molecule has 0 aliphatic heterocycles. The molecule has 4 aromatic carbocycles. The van der Waals surface area contributed by atoms with E-state index >= 15 is 0 Å². The first kappa shape index (κ1) is 27.9. The van der Waals surface area contributed by atoms with Gasteiger partial charge in [0.15, 0.2) is 0 Å². The summed E-state index contributed by atoms with van der Waals surface area (Å²) in [5.41, 5.74) is 2.40. The predicted octanol–water partition coefficient (Wildman–Crippen LogP) is 6.61. The number of para-hydroxylation sites is 1. The van der Waals surface area contributed by atoms with Crippen LogP contribution in [-0.2, 0) is 16.6 Å². The summed E-state index contributed by atoms with van der Waals surface area (Å²) < 4.78 is 34.6. The third-order valence-electron chi connectivity index (χ3n) is 6.45. The van der Waals surface area contributed by atoms with Gasteiger partial charge in [-0.2, -0.15) is 0 Å². The lowest BCUT2D eigenvalue weighted by Crippen LogP contribution is -2.35. The minimum atomic E-state index is -4.04. The van der Waals surface area contributed by atoms with Gasteiger partial charge in [-0.1, -0.05) is 86.6 Å². The second-order valence-corrected chi connectivity index (χ2v) is 11.6. The molecule has 0 radical (unpaired) electrons. The molecule has 0 bridgehead atoms. The minimum absolute atomic E-state index is 0.0631. The van der Waals surface area contributed by atoms with E-state index < -0.39 is 10.0 Å². The molecule has 0 aromatic heterocycles. The van der Waals surface area contributed by atoms with Gasteiger partial charge in [-0.15, -0.1) is 0 Å². The fraction of sp³-hybridized carbons (Fsp3) is 0.219. The van der Waals surface area contributed by atoms with E-state index in [0.29, 0.717) is 17.4 Å². The molecule has 0 unspecified atom stereocenters. The zero-order valence-electron chi connectivity index (χ0n) is 22.4. The molecule has 0 aliphatic rings. The Morgan fingerprint density at radius 3 is 2.03 bits per heavy atom. The smallest absolute Gasteiger partial charge is 0.264 e. The molecule has 7 heteroatoms. The predicted molar refractivity (Wildman–Crippen MR) is 155 cm³/mol. The van der Waals surface area contributed by atoms with Crippen LogP contribution in [0.3, 0.4) is 0 Å². The Kier molecular flexibility index (Phi) is 9.04. The molecule has 1 atom stereocenters. The van der Waals surface area contributed by atoms with Crippen molar-refractivity contribution in [2.45, 2.75) is 37.8 Å². The molecule has 0 aliphatic carbocycles. The molecule has 4 rings (SSSR count). The van der Waals surface area contributed by atoms with Crippen molar-refractivity contribution in [1.82, 2.24) is 5.32 Å². The molecule has 1 amide bonds. The van der Waals surface area contributed by atoms with Crippen LogP contribution in [0.25, 0.3) is 0 Å². The number of hydrogen-bond donors (Lipinski definition) is 1. The first-order valence-corrected chi connectivity index (χ1v) is 14.4. The van der Waals surface area contributed by atoms with Crippen molar-refractivity contribution < 1.29 is 17.9 Å². The molecule has 1 N–H and O–H groups in total. The average Bonchev–Trinajstić information content (AvgIpc) is 2.96. The van der Waals surface area contributed by atoms with E-state index in [-0.39, 0.29) is 29.0 Å². The number of anilines is 1. The van der Waals surface area contributed by atoms with Crippen molar-refractivity contribution in [2.75, 3.05) is 11.4 Å². The number of nitrogens with one attached hydrogen (secondary N) is 1. The topological polar surface area (TPSA) is 75.7 Å². The third-order valence-corrected chi connectivity index (χ3v) is 8.22. The molecule has 0 saturated carbocycles. The van der Waals surface area contributed by atoms with Crippen LogP contribution in [0, 0.1) is 5.92 Å². The Morgan fingerprint density at radius 1 is 0.821 bits per heavy atom. The molecule has 0 spiro atoms. The van der Waals surface area contributed by atoms with Gasteiger partial charge in [-0.3, -0.25) is 9.10 Å². The maximum absolute atomic E-state index is 14.1. The van der Waals surface area contributed by atoms with Crippen molar-refractivity contribution in [3.63, 3.8) is 0 Å². The fourth-order valence-corrected chi connectivity index (χ4v) is 5.95. The van der Waals surface area contributed by atoms with Crippen molar-refractivity contribution >= 4 is 21.6 Å². The number of rotatable bonds is 11. The van der Waals surface area contributed by atoms with Gasteiger partial charge in [0.05, 0.1) is 35.8 Å². The lowest BCUT2D eigenvalue weighted by molar-refractivity contribution is 0.0932. The van der Waals surface area contributed by atoms with Gasteiger partial charge < -0.3 is 10.1 Å². The molecule has 0 fully saturated rings. The number of sulfonamides is 1. The standard InChI is InChI=1S/C32H34N2O4S/c1-24(2)22-30(26-14-8-5-9-15-26)33-32(35)29-16-10-11-17-31(29)34(23-25-12-6-4-7-13-25)39(36,37)28-20-18-27(38-3)19-21-28/h4-21,24,30H,22-23H2,1-3H3,(H,33,35)/t30-/m0/s1. The fourth-order valence-electron chi connectivity index (χ4n) is 4.48. The summed E-state index contributed by atoms with van der Waals surface area (Å²) in [6.45, 7) is 4.28. The van der Waals surface area contributed by atoms with Gasteiger partial charge in [0.1, 0.15) is 5.75 Å². The molecular formula is C32H34N2O4S. The number of hydrogen-bond acceptors (Lipinski definition) is 4. The maximum atomic E-state index is 14.1. The van der Waals surface area contributed by atoms with Gasteiger partial charge in [0, 0.05) is 0 Å². The number of ether oxygens (including phenoxy) is 1. The summed E-state index contributed by atoms with van der Waals surface area (Å²) in [5, 5.41) is 3.17. The van der Waals surface area contributed by atoms with Crippen LogP contribution in [0.15, 0.2) is 114 Å². The first-order chi connectivity index (χ1) is 18.8. The van der Waals surface area contributed by atoms with Gasteiger partial charge >= 0.3 is 0 Å². The summed E-state index contributed by atoms with van der Waals surface area (Å²) in [5.74, 6) is 0.569. The van der Waals surface area contributed by atoms with E-state index in [1.165, 1.54) is 23.5 Å². The Bertz CT molecular complexity index is 1470. The highest BCUT2D eigenvalue weighted by atomic mass is 32.2. The van der Waals surface area contributed by atoms with Crippen molar-refractivity contribution in [1.29, 1.82) is 0 Å². The molecular weight excluding hydrogens is 508 g/mol. The van der Waals surface area contributed by atoms with Crippen LogP contribution in [0.1, 0.15) is 47.8 Å². The number of nitrogens with zero attached hydrogens (tertiary/aromatic N) is 1. The Morgan fingerprint density at radius 2 is 1.41 bits per heavy atom. The lowest BCUT2D eigenvalue weighted by Gasteiger charge is -2.28. The number of methoxy groups -OCH3 is 1. The van der Waals surface area contributed by atoms with Crippen LogP contribution in [0.2, 0.25) is 0 Å². The minimum Gasteiger partial charge on any atom is -0.497 e. The van der Waals surface area contributed by atoms with E-state index in [9.17, 15) is 13.2 Å². The lowest BCUT2D eigenvalue weighted by atomic mass is 9.96. The van der Waals surface area contributed by atoms with Gasteiger partial charge in [-0.25, -0.2) is 8.42 Å². The zero-order valence-corrected chi connectivity index (χ0v) is 23.3. The van der Waals surface area contributed by atoms with Crippen LogP contribution < -0.4 is 14.4 Å². The highest BCUT2D eigenvalue weighted by Crippen LogP contribution is 2.31. The summed E-state index contributed by atoms with van der Waals surface area (Å²) in [4.78, 5) is 13.9. The zero-order chi connectivity index (χ0) is 27.8. The Balaban J connectivity index is 1.76. The molecule has 4 aromatic rings. The van der Waals surface area contributed by atoms with E-state index in [4.69, 9.17) is 4.74 Å². The summed E-state index contributed by atoms with van der Waals surface area (Å²) in [6, 6.07) is 32.1. The Labute approximate surface area is 231 Å². The number of benzene rings is 4. The first-order valence-electron chi connectivity index (χ1n) is 12.9. The van der Waals surface area contributed by atoms with E-state index in [1.54, 1.807) is 36.4 Å². The number of amides is 1. The van der Waals surface area contributed by atoms with Crippen LogP contribution >= 0.6 is 0 Å². The van der Waals surface area contributed by atoms with Gasteiger partial charge in [0.2, 0.25) is 0 Å². The second kappa shape index (κ2) is 12.6. The largest absolute Gasteiger partial charge is 0.497 e. The van der Waals surface area contributed by atoms with E-state index in [2.05, 4.69) is 19.2 Å². The summed E-state index contributed by atoms with van der Waals surface area (Å²) in [7, 11) is -2.51. The van der Waals surface area contributed by atoms with Gasteiger partial charge in [-0.05, 0) is 59.9 Å². The normalized spacial score (nSPS) is 12.1. The van der Waals surface area contributed by atoms with Crippen molar-refractivity contribution in [2.24, 2.45) is 5.92 Å². The monoisotopic (exact) mass is 542 g/mol. The molecule has 6 nitrogen and oxygen atoms in total. The summed E-state index contributed by atoms with van der Waals surface area (Å²) >= 11 is 0. The molecule has 0 heterocycles. The molecule has 0 saturated heterocycles. The van der Waals surface area contributed by atoms with Crippen LogP contribution in [0.5, 0.6) is 5.75 Å². The SMILES string of the molecule is COc1ccc(S(=O)(=O)N(Cc2ccccc2)c2ccccc2C(=O)N[C@@H](CC(C)C)c2ccccc2)cc1. The molecule has 202 valence electrons.